The minimum Gasteiger partial charge on any atom is -0.494 e. The summed E-state index contributed by atoms with van der Waals surface area (Å²) in [5.41, 5.74) is -0.270. The third-order valence-corrected chi connectivity index (χ3v) is 2.85. The number of nitrogens with one attached hydrogen (secondary N) is 2. The average Bonchev–Trinajstić information content (AvgIpc) is 2.54. The number of carbonyl (C=O) groups excluding carboxylic acids is 1. The first-order valence-electron chi connectivity index (χ1n) is 6.53. The van der Waals surface area contributed by atoms with E-state index in [4.69, 9.17) is 15.1 Å². The summed E-state index contributed by atoms with van der Waals surface area (Å²) in [4.78, 5) is 32.6. The average molecular weight is 334 g/mol. The van der Waals surface area contributed by atoms with Crippen LogP contribution in [-0.2, 0) is 9.59 Å². The molecule has 0 saturated heterocycles. The number of benzene rings is 1. The number of rotatable bonds is 7. The zero-order valence-electron chi connectivity index (χ0n) is 12.8. The van der Waals surface area contributed by atoms with Crippen molar-refractivity contribution in [2.45, 2.75) is 13.0 Å². The molecular formula is C14H14N4O6. The Labute approximate surface area is 136 Å². The number of methoxy groups -OCH3 is 1. The van der Waals surface area contributed by atoms with Crippen molar-refractivity contribution in [1.82, 2.24) is 5.32 Å². The smallest absolute Gasteiger partial charge is 0.325 e. The topological polar surface area (TPSA) is 155 Å². The van der Waals surface area contributed by atoms with E-state index in [1.54, 1.807) is 6.07 Å². The number of nitro benzene ring substituents is 1. The van der Waals surface area contributed by atoms with Gasteiger partial charge in [0.1, 0.15) is 23.4 Å². The lowest BCUT2D eigenvalue weighted by atomic mass is 10.2. The maximum atomic E-state index is 11.8. The monoisotopic (exact) mass is 334 g/mol. The fourth-order valence-electron chi connectivity index (χ4n) is 1.55. The van der Waals surface area contributed by atoms with Gasteiger partial charge in [0.2, 0.25) is 0 Å². The molecule has 1 atom stereocenters. The molecule has 0 aliphatic carbocycles. The predicted octanol–water partition coefficient (Wildman–Crippen LogP) is 1.01. The van der Waals surface area contributed by atoms with Crippen molar-refractivity contribution in [3.63, 3.8) is 0 Å². The normalized spacial score (nSPS) is 11.8. The van der Waals surface area contributed by atoms with Gasteiger partial charge in [-0.15, -0.1) is 0 Å². The van der Waals surface area contributed by atoms with Gasteiger partial charge in [-0.1, -0.05) is 0 Å². The van der Waals surface area contributed by atoms with Gasteiger partial charge < -0.3 is 20.5 Å². The van der Waals surface area contributed by atoms with Crippen molar-refractivity contribution >= 4 is 23.3 Å². The molecule has 0 radical (unpaired) electrons. The van der Waals surface area contributed by atoms with Crippen LogP contribution in [0.3, 0.4) is 0 Å². The van der Waals surface area contributed by atoms with E-state index in [1.807, 2.05) is 0 Å². The molecule has 0 bridgehead atoms. The van der Waals surface area contributed by atoms with Crippen molar-refractivity contribution in [3.8, 4) is 11.8 Å². The number of nitriles is 1. The van der Waals surface area contributed by atoms with Crippen LogP contribution in [0.25, 0.3) is 0 Å². The van der Waals surface area contributed by atoms with Gasteiger partial charge in [0.25, 0.3) is 11.6 Å². The molecule has 1 aromatic rings. The van der Waals surface area contributed by atoms with Crippen molar-refractivity contribution < 1.29 is 24.4 Å². The lowest BCUT2D eigenvalue weighted by Crippen LogP contribution is -2.39. The van der Waals surface area contributed by atoms with Crippen LogP contribution in [0.15, 0.2) is 30.0 Å². The first-order valence-corrected chi connectivity index (χ1v) is 6.53. The second-order valence-corrected chi connectivity index (χ2v) is 4.49. The van der Waals surface area contributed by atoms with Crippen LogP contribution < -0.4 is 15.4 Å². The second-order valence-electron chi connectivity index (χ2n) is 4.49. The molecule has 1 amide bonds. The Morgan fingerprint density at radius 3 is 2.67 bits per heavy atom. The number of non-ortho nitro benzene ring substituents is 1. The Morgan fingerprint density at radius 2 is 2.17 bits per heavy atom. The van der Waals surface area contributed by atoms with E-state index >= 15 is 0 Å². The lowest BCUT2D eigenvalue weighted by molar-refractivity contribution is -0.384. The quantitative estimate of drug-likeness (QED) is 0.289. The van der Waals surface area contributed by atoms with Crippen molar-refractivity contribution in [2.75, 3.05) is 12.4 Å². The van der Waals surface area contributed by atoms with Gasteiger partial charge in [-0.25, -0.2) is 0 Å². The maximum Gasteiger partial charge on any atom is 0.325 e. The summed E-state index contributed by atoms with van der Waals surface area (Å²) in [7, 11) is 1.31. The Hall–Kier alpha value is -3.61. The van der Waals surface area contributed by atoms with Crippen molar-refractivity contribution in [1.29, 1.82) is 5.26 Å². The molecule has 0 fully saturated rings. The Bertz CT molecular complexity index is 737. The zero-order valence-corrected chi connectivity index (χ0v) is 12.8. The van der Waals surface area contributed by atoms with Gasteiger partial charge in [-0.05, 0) is 13.0 Å². The summed E-state index contributed by atoms with van der Waals surface area (Å²) in [5.74, 6) is -1.98. The Morgan fingerprint density at radius 1 is 1.50 bits per heavy atom. The van der Waals surface area contributed by atoms with E-state index in [9.17, 15) is 19.7 Å². The molecule has 0 aromatic heterocycles. The molecule has 0 aliphatic heterocycles. The van der Waals surface area contributed by atoms with E-state index in [0.29, 0.717) is 0 Å². The number of anilines is 1. The number of hydrogen-bond acceptors (Lipinski definition) is 7. The van der Waals surface area contributed by atoms with Gasteiger partial charge in [-0.2, -0.15) is 5.26 Å². The summed E-state index contributed by atoms with van der Waals surface area (Å²) >= 11 is 0. The standard InChI is InChI=1S/C14H14N4O6/c1-8(14(20)21)17-13(19)9(6-15)7-16-11-4-3-10(18(22)23)5-12(11)24-2/h3-5,7-8,16H,1-2H3,(H,17,19)(H,20,21)/b9-7-. The first-order chi connectivity index (χ1) is 11.3. The molecule has 0 heterocycles. The Balaban J connectivity index is 2.96. The van der Waals surface area contributed by atoms with Crippen LogP contribution in [0.1, 0.15) is 6.92 Å². The number of carboxylic acid groups (broad SMARTS) is 1. The number of ether oxygens (including phenoxy) is 1. The third-order valence-electron chi connectivity index (χ3n) is 2.85. The summed E-state index contributed by atoms with van der Waals surface area (Å²) in [6, 6.07) is 4.21. The van der Waals surface area contributed by atoms with E-state index in [0.717, 1.165) is 6.20 Å². The maximum absolute atomic E-state index is 11.8. The zero-order chi connectivity index (χ0) is 18.3. The van der Waals surface area contributed by atoms with Gasteiger partial charge in [0.05, 0.1) is 23.8 Å². The third kappa shape index (κ3) is 4.70. The molecule has 3 N–H and O–H groups in total. The molecule has 0 saturated carbocycles. The molecule has 0 spiro atoms. The summed E-state index contributed by atoms with van der Waals surface area (Å²) in [6.45, 7) is 1.25. The molecule has 10 nitrogen and oxygen atoms in total. The van der Waals surface area contributed by atoms with Crippen LogP contribution in [-0.4, -0.2) is 35.1 Å². The van der Waals surface area contributed by atoms with Crippen LogP contribution in [0.5, 0.6) is 5.75 Å². The predicted molar refractivity (Wildman–Crippen MR) is 82.2 cm³/mol. The number of amides is 1. The minimum absolute atomic E-state index is 0.136. The van der Waals surface area contributed by atoms with Crippen LogP contribution in [0.4, 0.5) is 11.4 Å². The Kier molecular flexibility index (Phi) is 6.25. The summed E-state index contributed by atoms with van der Waals surface area (Å²) in [6.07, 6.45) is 1.05. The number of nitro groups is 1. The van der Waals surface area contributed by atoms with Gasteiger partial charge in [-0.3, -0.25) is 19.7 Å². The summed E-state index contributed by atoms with van der Waals surface area (Å²) in [5, 5.41) is 33.2. The van der Waals surface area contributed by atoms with E-state index in [-0.39, 0.29) is 22.7 Å². The lowest BCUT2D eigenvalue weighted by Gasteiger charge is -2.10. The highest BCUT2D eigenvalue weighted by Crippen LogP contribution is 2.29. The molecule has 1 unspecified atom stereocenters. The van der Waals surface area contributed by atoms with E-state index < -0.39 is 22.8 Å². The fraction of sp³-hybridized carbons (Fsp3) is 0.214. The molecule has 126 valence electrons. The van der Waals surface area contributed by atoms with E-state index in [1.165, 1.54) is 32.2 Å². The molecule has 24 heavy (non-hydrogen) atoms. The largest absolute Gasteiger partial charge is 0.494 e. The molecule has 1 aromatic carbocycles. The van der Waals surface area contributed by atoms with Gasteiger partial charge in [0.15, 0.2) is 0 Å². The number of nitrogens with zero attached hydrogens (tertiary/aromatic N) is 2. The SMILES string of the molecule is COc1cc([N+](=O)[O-])ccc1N/C=C(/C#N)C(=O)NC(C)C(=O)O. The molecule has 1 rings (SSSR count). The fourth-order valence-corrected chi connectivity index (χ4v) is 1.55. The van der Waals surface area contributed by atoms with Crippen LogP contribution in [0.2, 0.25) is 0 Å². The first kappa shape index (κ1) is 18.4. The molecular weight excluding hydrogens is 320 g/mol. The highest BCUT2D eigenvalue weighted by Gasteiger charge is 2.17. The number of carbonyl (C=O) groups is 2. The minimum atomic E-state index is -1.24. The number of aliphatic carboxylic acids is 1. The second kappa shape index (κ2) is 8.14. The van der Waals surface area contributed by atoms with Crippen molar-refractivity contribution in [2.24, 2.45) is 0 Å². The molecule has 10 heteroatoms. The van der Waals surface area contributed by atoms with Gasteiger partial charge >= 0.3 is 5.97 Å². The highest BCUT2D eigenvalue weighted by atomic mass is 16.6. The highest BCUT2D eigenvalue weighted by molar-refractivity contribution is 5.99. The molecule has 0 aliphatic rings. The van der Waals surface area contributed by atoms with Crippen LogP contribution in [0, 0.1) is 21.4 Å². The summed E-state index contributed by atoms with van der Waals surface area (Å²) < 4.78 is 5.00. The van der Waals surface area contributed by atoms with Crippen molar-refractivity contribution in [3.05, 3.63) is 40.1 Å². The number of carboxylic acids is 1. The number of hydrogen-bond donors (Lipinski definition) is 3. The van der Waals surface area contributed by atoms with Gasteiger partial charge in [0, 0.05) is 12.3 Å². The van der Waals surface area contributed by atoms with Crippen LogP contribution >= 0.6 is 0 Å². The van der Waals surface area contributed by atoms with E-state index in [2.05, 4.69) is 10.6 Å².